The minimum atomic E-state index is -0.477. The second kappa shape index (κ2) is 6.89. The second-order valence-electron chi connectivity index (χ2n) is 5.59. The molecule has 2 rings (SSSR count). The van der Waals surface area contributed by atoms with Gasteiger partial charge in [-0.1, -0.05) is 19.8 Å². The molecule has 108 valence electrons. The number of nitrogens with zero attached hydrogens (tertiary/aromatic N) is 1. The molecule has 2 aliphatic rings. The summed E-state index contributed by atoms with van der Waals surface area (Å²) < 4.78 is 0. The Balaban J connectivity index is 1.69. The SMILES string of the molecule is CCN1CCC[C@@H]1CNC(=O)C(=O)NC1CCCC1. The van der Waals surface area contributed by atoms with E-state index in [0.29, 0.717) is 12.6 Å². The van der Waals surface area contributed by atoms with Gasteiger partial charge in [0.1, 0.15) is 0 Å². The molecule has 0 radical (unpaired) electrons. The van der Waals surface area contributed by atoms with Gasteiger partial charge < -0.3 is 10.6 Å². The number of hydrogen-bond donors (Lipinski definition) is 2. The highest BCUT2D eigenvalue weighted by molar-refractivity contribution is 6.35. The molecule has 5 nitrogen and oxygen atoms in total. The van der Waals surface area contributed by atoms with Crippen molar-refractivity contribution in [2.45, 2.75) is 57.5 Å². The van der Waals surface area contributed by atoms with Crippen molar-refractivity contribution in [2.24, 2.45) is 0 Å². The first-order valence-corrected chi connectivity index (χ1v) is 7.53. The molecule has 2 amide bonds. The van der Waals surface area contributed by atoms with E-state index in [2.05, 4.69) is 22.5 Å². The molecule has 1 heterocycles. The van der Waals surface area contributed by atoms with E-state index in [0.717, 1.165) is 45.2 Å². The maximum Gasteiger partial charge on any atom is 0.309 e. The van der Waals surface area contributed by atoms with Crippen molar-refractivity contribution >= 4 is 11.8 Å². The summed E-state index contributed by atoms with van der Waals surface area (Å²) in [4.78, 5) is 25.8. The number of amides is 2. The Kier molecular flexibility index (Phi) is 5.19. The molecule has 2 N–H and O–H groups in total. The normalized spacial score (nSPS) is 24.6. The molecule has 1 saturated heterocycles. The van der Waals surface area contributed by atoms with Crippen LogP contribution < -0.4 is 10.6 Å². The zero-order chi connectivity index (χ0) is 13.7. The van der Waals surface area contributed by atoms with E-state index in [4.69, 9.17) is 0 Å². The highest BCUT2D eigenvalue weighted by atomic mass is 16.2. The van der Waals surface area contributed by atoms with E-state index in [1.54, 1.807) is 0 Å². The zero-order valence-electron chi connectivity index (χ0n) is 11.8. The Hall–Kier alpha value is -1.10. The number of likely N-dealkylation sites (N-methyl/N-ethyl adjacent to an activating group) is 1. The Morgan fingerprint density at radius 1 is 1.11 bits per heavy atom. The van der Waals surface area contributed by atoms with Gasteiger partial charge >= 0.3 is 11.8 Å². The van der Waals surface area contributed by atoms with Gasteiger partial charge in [-0.3, -0.25) is 14.5 Å². The highest BCUT2D eigenvalue weighted by Gasteiger charge is 2.25. The van der Waals surface area contributed by atoms with Crippen LogP contribution in [0.25, 0.3) is 0 Å². The lowest BCUT2D eigenvalue weighted by Gasteiger charge is -2.22. The fourth-order valence-corrected chi connectivity index (χ4v) is 3.15. The molecular formula is C14H25N3O2. The largest absolute Gasteiger partial charge is 0.346 e. The molecular weight excluding hydrogens is 242 g/mol. The number of carbonyl (C=O) groups is 2. The molecule has 1 saturated carbocycles. The summed E-state index contributed by atoms with van der Waals surface area (Å²) in [5.41, 5.74) is 0. The third-order valence-electron chi connectivity index (χ3n) is 4.30. The summed E-state index contributed by atoms with van der Waals surface area (Å²) in [7, 11) is 0. The fraction of sp³-hybridized carbons (Fsp3) is 0.857. The van der Waals surface area contributed by atoms with Crippen molar-refractivity contribution in [2.75, 3.05) is 19.6 Å². The summed E-state index contributed by atoms with van der Waals surface area (Å²) >= 11 is 0. The van der Waals surface area contributed by atoms with Gasteiger partial charge in [-0.2, -0.15) is 0 Å². The Morgan fingerprint density at radius 2 is 1.84 bits per heavy atom. The number of nitrogens with one attached hydrogen (secondary N) is 2. The lowest BCUT2D eigenvalue weighted by Crippen LogP contribution is -2.47. The van der Waals surface area contributed by atoms with Crippen LogP contribution in [-0.4, -0.2) is 48.4 Å². The molecule has 0 aromatic rings. The molecule has 0 bridgehead atoms. The van der Waals surface area contributed by atoms with Crippen LogP contribution in [0.2, 0.25) is 0 Å². The van der Waals surface area contributed by atoms with Crippen molar-refractivity contribution < 1.29 is 9.59 Å². The maximum absolute atomic E-state index is 11.7. The number of rotatable bonds is 4. The predicted molar refractivity (Wildman–Crippen MR) is 73.7 cm³/mol. The van der Waals surface area contributed by atoms with Crippen LogP contribution in [0.3, 0.4) is 0 Å². The van der Waals surface area contributed by atoms with Gasteiger partial charge in [-0.05, 0) is 38.8 Å². The van der Waals surface area contributed by atoms with Crippen molar-refractivity contribution in [3.8, 4) is 0 Å². The molecule has 0 spiro atoms. The molecule has 1 aliphatic carbocycles. The topological polar surface area (TPSA) is 61.4 Å². The average molecular weight is 267 g/mol. The average Bonchev–Trinajstić information content (AvgIpc) is 3.06. The van der Waals surface area contributed by atoms with Gasteiger partial charge in [-0.15, -0.1) is 0 Å². The van der Waals surface area contributed by atoms with Crippen molar-refractivity contribution in [3.63, 3.8) is 0 Å². The Labute approximate surface area is 115 Å². The minimum absolute atomic E-state index is 0.205. The number of carbonyl (C=O) groups excluding carboxylic acids is 2. The van der Waals surface area contributed by atoms with Gasteiger partial charge in [-0.25, -0.2) is 0 Å². The first kappa shape index (κ1) is 14.3. The van der Waals surface area contributed by atoms with Gasteiger partial charge in [0.25, 0.3) is 0 Å². The summed E-state index contributed by atoms with van der Waals surface area (Å²) in [5.74, 6) is -0.942. The standard InChI is InChI=1S/C14H25N3O2/c1-2-17-9-5-8-12(17)10-15-13(18)14(19)16-11-6-3-4-7-11/h11-12H,2-10H2,1H3,(H,15,18)(H,16,19)/t12-/m1/s1. The lowest BCUT2D eigenvalue weighted by atomic mass is 10.2. The van der Waals surface area contributed by atoms with Crippen LogP contribution >= 0.6 is 0 Å². The van der Waals surface area contributed by atoms with E-state index in [-0.39, 0.29) is 6.04 Å². The molecule has 1 aliphatic heterocycles. The quantitative estimate of drug-likeness (QED) is 0.735. The maximum atomic E-state index is 11.7. The Bertz CT molecular complexity index is 327. The van der Waals surface area contributed by atoms with E-state index in [1.165, 1.54) is 6.42 Å². The van der Waals surface area contributed by atoms with Gasteiger partial charge in [0.2, 0.25) is 0 Å². The van der Waals surface area contributed by atoms with Crippen molar-refractivity contribution in [1.82, 2.24) is 15.5 Å². The van der Waals surface area contributed by atoms with Gasteiger partial charge in [0.05, 0.1) is 0 Å². The summed E-state index contributed by atoms with van der Waals surface area (Å²) in [5, 5.41) is 5.58. The minimum Gasteiger partial charge on any atom is -0.346 e. The second-order valence-corrected chi connectivity index (χ2v) is 5.59. The number of hydrogen-bond acceptors (Lipinski definition) is 3. The summed E-state index contributed by atoms with van der Waals surface area (Å²) in [6.45, 7) is 4.83. The molecule has 19 heavy (non-hydrogen) atoms. The van der Waals surface area contributed by atoms with E-state index < -0.39 is 11.8 Å². The third kappa shape index (κ3) is 3.93. The van der Waals surface area contributed by atoms with Crippen LogP contribution in [0.15, 0.2) is 0 Å². The van der Waals surface area contributed by atoms with E-state index >= 15 is 0 Å². The van der Waals surface area contributed by atoms with Crippen LogP contribution in [0.5, 0.6) is 0 Å². The summed E-state index contributed by atoms with van der Waals surface area (Å²) in [6.07, 6.45) is 6.61. The molecule has 0 aromatic heterocycles. The highest BCUT2D eigenvalue weighted by Crippen LogP contribution is 2.17. The predicted octanol–water partition coefficient (Wildman–Crippen LogP) is 0.646. The lowest BCUT2D eigenvalue weighted by molar-refractivity contribution is -0.139. The molecule has 2 fully saturated rings. The summed E-state index contributed by atoms with van der Waals surface area (Å²) in [6, 6.07) is 0.602. The monoisotopic (exact) mass is 267 g/mol. The number of likely N-dealkylation sites (tertiary alicyclic amines) is 1. The smallest absolute Gasteiger partial charge is 0.309 e. The van der Waals surface area contributed by atoms with E-state index in [9.17, 15) is 9.59 Å². The molecule has 0 aromatic carbocycles. The van der Waals surface area contributed by atoms with Crippen LogP contribution in [0, 0.1) is 0 Å². The molecule has 0 unspecified atom stereocenters. The van der Waals surface area contributed by atoms with Crippen LogP contribution in [-0.2, 0) is 9.59 Å². The fourth-order valence-electron chi connectivity index (χ4n) is 3.15. The zero-order valence-corrected chi connectivity index (χ0v) is 11.8. The van der Waals surface area contributed by atoms with Crippen LogP contribution in [0.4, 0.5) is 0 Å². The van der Waals surface area contributed by atoms with Gasteiger partial charge in [0, 0.05) is 18.6 Å². The Morgan fingerprint density at radius 3 is 2.53 bits per heavy atom. The first-order chi connectivity index (χ1) is 9.20. The molecule has 1 atom stereocenters. The third-order valence-corrected chi connectivity index (χ3v) is 4.30. The van der Waals surface area contributed by atoms with Crippen molar-refractivity contribution in [3.05, 3.63) is 0 Å². The van der Waals surface area contributed by atoms with Gasteiger partial charge in [0.15, 0.2) is 0 Å². The van der Waals surface area contributed by atoms with Crippen molar-refractivity contribution in [1.29, 1.82) is 0 Å². The van der Waals surface area contributed by atoms with Crippen LogP contribution in [0.1, 0.15) is 45.4 Å². The molecule has 5 heteroatoms. The first-order valence-electron chi connectivity index (χ1n) is 7.53. The van der Waals surface area contributed by atoms with E-state index in [1.807, 2.05) is 0 Å².